The van der Waals surface area contributed by atoms with Crippen LogP contribution in [0.1, 0.15) is 5.56 Å². The van der Waals surface area contributed by atoms with Crippen molar-refractivity contribution in [2.24, 2.45) is 0 Å². The molecule has 3 aromatic carbocycles. The molecule has 0 bridgehead atoms. The number of halogens is 2. The van der Waals surface area contributed by atoms with E-state index in [9.17, 15) is 8.78 Å². The van der Waals surface area contributed by atoms with Crippen molar-refractivity contribution in [1.29, 1.82) is 0 Å². The average molecular weight is 472 g/mol. The third-order valence-electron chi connectivity index (χ3n) is 5.77. The van der Waals surface area contributed by atoms with Crippen molar-refractivity contribution in [2.75, 3.05) is 17.7 Å². The molecule has 0 fully saturated rings. The first kappa shape index (κ1) is 21.0. The molecule has 0 spiro atoms. The number of hydrogen-bond donors (Lipinski definition) is 2. The second kappa shape index (κ2) is 7.73. The normalized spacial score (nSPS) is 13.8. The number of anilines is 3. The number of alkyl halides is 2. The monoisotopic (exact) mass is 472 g/mol. The van der Waals surface area contributed by atoms with Crippen molar-refractivity contribution in [3.05, 3.63) is 66.6 Å². The standard InChI is InChI=1S/C25H18F2N6O2/c1-13-3-6-17-22(21(13)14-4-7-18-15(9-14)11-29-24(28-2)33-18)30-12-31-23(17)32-16-5-8-19-20(10-16)35-25(26,27)34-19/h3-12H,1-2H3,(H,28,29,33)(H,30,31,32). The van der Waals surface area contributed by atoms with E-state index in [1.165, 1.54) is 18.5 Å². The molecule has 0 amide bonds. The molecule has 1 aliphatic heterocycles. The van der Waals surface area contributed by atoms with Gasteiger partial charge in [0.1, 0.15) is 12.1 Å². The van der Waals surface area contributed by atoms with Crippen LogP contribution in [0, 0.1) is 6.92 Å². The molecule has 2 N–H and O–H groups in total. The third kappa shape index (κ3) is 3.68. The number of rotatable bonds is 4. The smallest absolute Gasteiger partial charge is 0.395 e. The molecule has 0 saturated carbocycles. The molecule has 5 aromatic rings. The molecule has 174 valence electrons. The fourth-order valence-corrected chi connectivity index (χ4v) is 4.17. The summed E-state index contributed by atoms with van der Waals surface area (Å²) in [6.07, 6.45) is -0.421. The van der Waals surface area contributed by atoms with Gasteiger partial charge in [0.2, 0.25) is 5.95 Å². The molecule has 35 heavy (non-hydrogen) atoms. The number of nitrogens with zero attached hydrogens (tertiary/aromatic N) is 4. The van der Waals surface area contributed by atoms with Crippen LogP contribution in [0.2, 0.25) is 0 Å². The fraction of sp³-hybridized carbons (Fsp3) is 0.120. The number of aromatic nitrogens is 4. The zero-order chi connectivity index (χ0) is 24.2. The molecule has 10 heteroatoms. The van der Waals surface area contributed by atoms with Gasteiger partial charge in [-0.3, -0.25) is 0 Å². The first-order valence-electron chi connectivity index (χ1n) is 10.8. The lowest BCUT2D eigenvalue weighted by Crippen LogP contribution is -2.25. The average Bonchev–Trinajstić information content (AvgIpc) is 3.16. The molecule has 0 unspecified atom stereocenters. The van der Waals surface area contributed by atoms with Gasteiger partial charge in [-0.1, -0.05) is 12.1 Å². The van der Waals surface area contributed by atoms with Gasteiger partial charge in [0.05, 0.1) is 11.0 Å². The Balaban J connectivity index is 1.42. The maximum Gasteiger partial charge on any atom is 0.586 e. The van der Waals surface area contributed by atoms with E-state index in [1.54, 1.807) is 19.3 Å². The predicted molar refractivity (Wildman–Crippen MR) is 128 cm³/mol. The summed E-state index contributed by atoms with van der Waals surface area (Å²) in [4.78, 5) is 17.8. The van der Waals surface area contributed by atoms with Crippen LogP contribution >= 0.6 is 0 Å². The first-order valence-corrected chi connectivity index (χ1v) is 10.8. The Kier molecular flexibility index (Phi) is 4.63. The lowest BCUT2D eigenvalue weighted by Gasteiger charge is -2.14. The molecule has 0 radical (unpaired) electrons. The Morgan fingerprint density at radius 3 is 2.63 bits per heavy atom. The van der Waals surface area contributed by atoms with Gasteiger partial charge in [0, 0.05) is 41.3 Å². The van der Waals surface area contributed by atoms with Gasteiger partial charge in [-0.2, -0.15) is 0 Å². The lowest BCUT2D eigenvalue weighted by atomic mass is 9.96. The number of ether oxygens (including phenoxy) is 2. The molecule has 0 saturated heterocycles. The zero-order valence-corrected chi connectivity index (χ0v) is 18.6. The number of benzene rings is 3. The van der Waals surface area contributed by atoms with E-state index in [0.717, 1.165) is 38.5 Å². The molecular formula is C25H18F2N6O2. The van der Waals surface area contributed by atoms with Crippen molar-refractivity contribution < 1.29 is 18.3 Å². The van der Waals surface area contributed by atoms with E-state index in [1.807, 2.05) is 37.3 Å². The highest BCUT2D eigenvalue weighted by Gasteiger charge is 2.43. The van der Waals surface area contributed by atoms with Crippen molar-refractivity contribution in [3.63, 3.8) is 0 Å². The van der Waals surface area contributed by atoms with Gasteiger partial charge >= 0.3 is 6.29 Å². The van der Waals surface area contributed by atoms with Gasteiger partial charge in [-0.15, -0.1) is 8.78 Å². The molecule has 6 rings (SSSR count). The van der Waals surface area contributed by atoms with Crippen LogP contribution in [0.15, 0.2) is 61.1 Å². The third-order valence-corrected chi connectivity index (χ3v) is 5.77. The molecule has 2 aromatic heterocycles. The van der Waals surface area contributed by atoms with Gasteiger partial charge in [0.25, 0.3) is 0 Å². The number of nitrogens with one attached hydrogen (secondary N) is 2. The molecule has 8 nitrogen and oxygen atoms in total. The minimum atomic E-state index is -3.67. The highest BCUT2D eigenvalue weighted by Crippen LogP contribution is 2.43. The van der Waals surface area contributed by atoms with Crippen LogP contribution in [-0.2, 0) is 0 Å². The summed E-state index contributed by atoms with van der Waals surface area (Å²) in [7, 11) is 1.78. The molecule has 0 aliphatic carbocycles. The van der Waals surface area contributed by atoms with Crippen molar-refractivity contribution in [3.8, 4) is 22.6 Å². The second-order valence-electron chi connectivity index (χ2n) is 8.05. The van der Waals surface area contributed by atoms with E-state index < -0.39 is 6.29 Å². The lowest BCUT2D eigenvalue weighted by molar-refractivity contribution is -0.286. The first-order chi connectivity index (χ1) is 16.9. The number of hydrogen-bond acceptors (Lipinski definition) is 8. The van der Waals surface area contributed by atoms with Crippen LogP contribution < -0.4 is 20.1 Å². The second-order valence-corrected chi connectivity index (χ2v) is 8.05. The number of fused-ring (bicyclic) bond motifs is 3. The fourth-order valence-electron chi connectivity index (χ4n) is 4.17. The minimum absolute atomic E-state index is 0.0203. The summed E-state index contributed by atoms with van der Waals surface area (Å²) in [6.45, 7) is 2.02. The van der Waals surface area contributed by atoms with Crippen LogP contribution in [-0.4, -0.2) is 33.3 Å². The van der Waals surface area contributed by atoms with E-state index in [4.69, 9.17) is 0 Å². The largest absolute Gasteiger partial charge is 0.586 e. The quantitative estimate of drug-likeness (QED) is 0.346. The Bertz CT molecular complexity index is 1630. The Morgan fingerprint density at radius 1 is 0.914 bits per heavy atom. The summed E-state index contributed by atoms with van der Waals surface area (Å²) in [5.74, 6) is 1.02. The van der Waals surface area contributed by atoms with Crippen molar-refractivity contribution in [2.45, 2.75) is 13.2 Å². The van der Waals surface area contributed by atoms with Crippen LogP contribution in [0.3, 0.4) is 0 Å². The van der Waals surface area contributed by atoms with Gasteiger partial charge in [-0.25, -0.2) is 19.9 Å². The maximum absolute atomic E-state index is 13.4. The van der Waals surface area contributed by atoms with Gasteiger partial charge < -0.3 is 20.1 Å². The van der Waals surface area contributed by atoms with E-state index >= 15 is 0 Å². The molecule has 1 aliphatic rings. The minimum Gasteiger partial charge on any atom is -0.395 e. The zero-order valence-electron chi connectivity index (χ0n) is 18.6. The van der Waals surface area contributed by atoms with E-state index in [-0.39, 0.29) is 11.5 Å². The Morgan fingerprint density at radius 2 is 1.77 bits per heavy atom. The van der Waals surface area contributed by atoms with Gasteiger partial charge in [-0.05, 0) is 48.4 Å². The van der Waals surface area contributed by atoms with Gasteiger partial charge in [0.15, 0.2) is 11.5 Å². The Hall–Kier alpha value is -4.60. The summed E-state index contributed by atoms with van der Waals surface area (Å²) >= 11 is 0. The van der Waals surface area contributed by atoms with Crippen molar-refractivity contribution in [1.82, 2.24) is 19.9 Å². The molecular weight excluding hydrogens is 454 g/mol. The highest BCUT2D eigenvalue weighted by atomic mass is 19.3. The predicted octanol–water partition coefficient (Wildman–Crippen LogP) is 5.66. The summed E-state index contributed by atoms with van der Waals surface area (Å²) in [5.41, 5.74) is 5.07. The van der Waals surface area contributed by atoms with E-state index in [0.29, 0.717) is 17.5 Å². The molecule has 0 atom stereocenters. The number of aryl methyl sites for hydroxylation is 1. The van der Waals surface area contributed by atoms with Crippen LogP contribution in [0.5, 0.6) is 11.5 Å². The van der Waals surface area contributed by atoms with Crippen LogP contribution in [0.25, 0.3) is 32.9 Å². The maximum atomic E-state index is 13.4. The summed E-state index contributed by atoms with van der Waals surface area (Å²) in [5, 5.41) is 7.81. The van der Waals surface area contributed by atoms with Crippen LogP contribution in [0.4, 0.5) is 26.2 Å². The van der Waals surface area contributed by atoms with Crippen molar-refractivity contribution >= 4 is 39.3 Å². The summed E-state index contributed by atoms with van der Waals surface area (Å²) in [6, 6.07) is 14.4. The van der Waals surface area contributed by atoms with E-state index in [2.05, 4.69) is 40.0 Å². The topological polar surface area (TPSA) is 94.1 Å². The Labute approximate surface area is 198 Å². The SMILES string of the molecule is CNc1ncc2cc(-c3c(C)ccc4c(Nc5ccc6c(c5)OC(F)(F)O6)ncnc34)ccc2n1. The molecule has 3 heterocycles. The highest BCUT2D eigenvalue weighted by molar-refractivity contribution is 6.02. The summed E-state index contributed by atoms with van der Waals surface area (Å²) < 4.78 is 35.8.